The van der Waals surface area contributed by atoms with Crippen LogP contribution in [0, 0.1) is 0 Å². The first-order chi connectivity index (χ1) is 17.3. The first-order valence-electron chi connectivity index (χ1n) is 10.6. The van der Waals surface area contributed by atoms with E-state index in [-0.39, 0.29) is 24.1 Å². The van der Waals surface area contributed by atoms with Crippen LogP contribution in [0.3, 0.4) is 0 Å². The monoisotopic (exact) mass is 498 g/mol. The average Bonchev–Trinajstić information content (AvgIpc) is 3.49. The molecule has 13 heteroatoms. The van der Waals surface area contributed by atoms with Gasteiger partial charge in [0, 0.05) is 13.2 Å². The number of halogens is 3. The number of pyridine rings is 1. The molecule has 0 aliphatic carbocycles. The maximum Gasteiger partial charge on any atom is 0.416 e. The van der Waals surface area contributed by atoms with Gasteiger partial charge in [-0.2, -0.15) is 28.4 Å². The van der Waals surface area contributed by atoms with Crippen molar-refractivity contribution in [1.29, 1.82) is 0 Å². The van der Waals surface area contributed by atoms with Crippen molar-refractivity contribution in [2.24, 2.45) is 17.4 Å². The highest BCUT2D eigenvalue weighted by atomic mass is 19.4. The zero-order valence-electron chi connectivity index (χ0n) is 19.3. The van der Waals surface area contributed by atoms with E-state index < -0.39 is 11.7 Å². The quantitative estimate of drug-likeness (QED) is 0.234. The van der Waals surface area contributed by atoms with Crippen molar-refractivity contribution in [2.75, 3.05) is 7.05 Å². The molecule has 0 amide bonds. The summed E-state index contributed by atoms with van der Waals surface area (Å²) in [7, 11) is 3.26. The highest BCUT2D eigenvalue weighted by Gasteiger charge is 2.30. The molecule has 0 bridgehead atoms. The molecule has 0 unspecified atom stereocenters. The van der Waals surface area contributed by atoms with Crippen molar-refractivity contribution in [3.63, 3.8) is 0 Å². The lowest BCUT2D eigenvalue weighted by atomic mass is 10.2. The van der Waals surface area contributed by atoms with Crippen LogP contribution in [0.15, 0.2) is 76.3 Å². The van der Waals surface area contributed by atoms with Crippen LogP contribution in [-0.2, 0) is 26.4 Å². The SMILES string of the molecule is C=CN(Cc1cccc(-c2noc(-c3cnn(C)c3COc3ccc(C(F)(F)F)cc3)n2)n1)N=NC. The Morgan fingerprint density at radius 2 is 1.94 bits per heavy atom. The molecule has 0 radical (unpaired) electrons. The molecule has 186 valence electrons. The minimum Gasteiger partial charge on any atom is -0.487 e. The number of hydrogen-bond donors (Lipinski definition) is 0. The summed E-state index contributed by atoms with van der Waals surface area (Å²) in [6.45, 7) is 4.07. The topological polar surface area (TPSA) is 107 Å². The van der Waals surface area contributed by atoms with Crippen molar-refractivity contribution in [3.05, 3.63) is 78.4 Å². The Balaban J connectivity index is 1.51. The summed E-state index contributed by atoms with van der Waals surface area (Å²) in [4.78, 5) is 8.99. The first-order valence-corrected chi connectivity index (χ1v) is 10.6. The molecule has 4 rings (SSSR count). The third kappa shape index (κ3) is 5.56. The standard InChI is InChI=1S/C23H21F3N8O2/c1-4-34(32-27-2)13-16-6-5-7-19(29-16)21-30-22(36-31-21)18-12-28-33(3)20(18)14-35-17-10-8-15(9-11-17)23(24,25)26/h4-12H,1,13-14H2,2-3H3. The van der Waals surface area contributed by atoms with Crippen molar-refractivity contribution in [3.8, 4) is 28.7 Å². The van der Waals surface area contributed by atoms with Crippen LogP contribution in [-0.4, -0.2) is 37.0 Å². The highest BCUT2D eigenvalue weighted by Crippen LogP contribution is 2.31. The second-order valence-corrected chi connectivity index (χ2v) is 7.45. The molecule has 1 aromatic carbocycles. The molecular weight excluding hydrogens is 477 g/mol. The molecule has 0 aliphatic rings. The molecule has 3 heterocycles. The van der Waals surface area contributed by atoms with Gasteiger partial charge in [0.1, 0.15) is 18.1 Å². The lowest BCUT2D eigenvalue weighted by molar-refractivity contribution is -0.137. The molecule has 36 heavy (non-hydrogen) atoms. The van der Waals surface area contributed by atoms with Gasteiger partial charge in [0.25, 0.3) is 5.89 Å². The van der Waals surface area contributed by atoms with Gasteiger partial charge in [-0.1, -0.05) is 23.0 Å². The van der Waals surface area contributed by atoms with Gasteiger partial charge in [-0.25, -0.2) is 9.99 Å². The molecular formula is C23H21F3N8O2. The number of nitrogens with zero attached hydrogens (tertiary/aromatic N) is 8. The lowest BCUT2D eigenvalue weighted by Crippen LogP contribution is -2.09. The molecule has 0 saturated heterocycles. The molecule has 0 atom stereocenters. The Morgan fingerprint density at radius 3 is 2.64 bits per heavy atom. The van der Waals surface area contributed by atoms with Gasteiger partial charge in [-0.05, 0) is 36.4 Å². The minimum absolute atomic E-state index is 0.0199. The van der Waals surface area contributed by atoms with E-state index in [1.165, 1.54) is 23.3 Å². The highest BCUT2D eigenvalue weighted by molar-refractivity contribution is 5.59. The van der Waals surface area contributed by atoms with Gasteiger partial charge < -0.3 is 9.26 Å². The number of aromatic nitrogens is 5. The van der Waals surface area contributed by atoms with E-state index >= 15 is 0 Å². The molecule has 0 N–H and O–H groups in total. The summed E-state index contributed by atoms with van der Waals surface area (Å²) < 4.78 is 51.0. The maximum absolute atomic E-state index is 12.8. The molecule has 10 nitrogen and oxygen atoms in total. The van der Waals surface area contributed by atoms with E-state index in [0.717, 1.165) is 12.1 Å². The van der Waals surface area contributed by atoms with Crippen LogP contribution in [0.25, 0.3) is 23.0 Å². The Kier molecular flexibility index (Phi) is 7.08. The molecule has 0 spiro atoms. The predicted octanol–water partition coefficient (Wildman–Crippen LogP) is 5.07. The van der Waals surface area contributed by atoms with Gasteiger partial charge in [0.2, 0.25) is 5.82 Å². The zero-order chi connectivity index (χ0) is 25.7. The van der Waals surface area contributed by atoms with Crippen LogP contribution in [0.1, 0.15) is 17.0 Å². The van der Waals surface area contributed by atoms with Crippen molar-refractivity contribution < 1.29 is 22.4 Å². The number of ether oxygens (including phenoxy) is 1. The summed E-state index contributed by atoms with van der Waals surface area (Å²) in [5.74, 6) is 0.745. The molecule has 0 saturated carbocycles. The van der Waals surface area contributed by atoms with Crippen molar-refractivity contribution in [1.82, 2.24) is 29.9 Å². The largest absolute Gasteiger partial charge is 0.487 e. The normalized spacial score (nSPS) is 11.7. The zero-order valence-corrected chi connectivity index (χ0v) is 19.3. The van der Waals surface area contributed by atoms with E-state index in [1.54, 1.807) is 31.0 Å². The second-order valence-electron chi connectivity index (χ2n) is 7.45. The predicted molar refractivity (Wildman–Crippen MR) is 122 cm³/mol. The number of rotatable bonds is 9. The summed E-state index contributed by atoms with van der Waals surface area (Å²) in [6.07, 6.45) is -1.34. The van der Waals surface area contributed by atoms with Gasteiger partial charge in [0.15, 0.2) is 0 Å². The van der Waals surface area contributed by atoms with Crippen LogP contribution >= 0.6 is 0 Å². The first kappa shape index (κ1) is 24.6. The van der Waals surface area contributed by atoms with Gasteiger partial charge in [-0.15, -0.1) is 0 Å². The van der Waals surface area contributed by atoms with E-state index in [0.29, 0.717) is 29.2 Å². The molecule has 0 aliphatic heterocycles. The number of aryl methyl sites for hydroxylation is 1. The van der Waals surface area contributed by atoms with Crippen LogP contribution < -0.4 is 4.74 Å². The van der Waals surface area contributed by atoms with Crippen molar-refractivity contribution in [2.45, 2.75) is 19.3 Å². The van der Waals surface area contributed by atoms with Gasteiger partial charge in [-0.3, -0.25) is 4.68 Å². The van der Waals surface area contributed by atoms with Crippen LogP contribution in [0.4, 0.5) is 13.2 Å². The lowest BCUT2D eigenvalue weighted by Gasteiger charge is -2.11. The Hall–Kier alpha value is -4.55. The van der Waals surface area contributed by atoms with Gasteiger partial charge >= 0.3 is 6.18 Å². The number of benzene rings is 1. The van der Waals surface area contributed by atoms with E-state index in [2.05, 4.69) is 37.1 Å². The maximum atomic E-state index is 12.8. The van der Waals surface area contributed by atoms with Crippen molar-refractivity contribution >= 4 is 0 Å². The molecule has 0 fully saturated rings. The summed E-state index contributed by atoms with van der Waals surface area (Å²) in [5.41, 5.74) is 1.56. The van der Waals surface area contributed by atoms with E-state index in [1.807, 2.05) is 12.1 Å². The smallest absolute Gasteiger partial charge is 0.416 e. The van der Waals surface area contributed by atoms with Crippen LogP contribution in [0.2, 0.25) is 0 Å². The van der Waals surface area contributed by atoms with Crippen LogP contribution in [0.5, 0.6) is 5.75 Å². The fraction of sp³-hybridized carbons (Fsp3) is 0.217. The Bertz CT molecular complexity index is 1360. The summed E-state index contributed by atoms with van der Waals surface area (Å²) >= 11 is 0. The molecule has 3 aromatic heterocycles. The second kappa shape index (κ2) is 10.4. The average molecular weight is 498 g/mol. The third-order valence-corrected chi connectivity index (χ3v) is 5.05. The Morgan fingerprint density at radius 1 is 1.17 bits per heavy atom. The number of hydrogen-bond acceptors (Lipinski definition) is 8. The Labute approximate surface area is 203 Å². The molecule has 4 aromatic rings. The number of alkyl halides is 3. The summed E-state index contributed by atoms with van der Waals surface area (Å²) in [5, 5.41) is 17.4. The summed E-state index contributed by atoms with van der Waals surface area (Å²) in [6, 6.07) is 9.83. The third-order valence-electron chi connectivity index (χ3n) is 5.05. The fourth-order valence-electron chi connectivity index (χ4n) is 3.25. The van der Waals surface area contributed by atoms with Gasteiger partial charge in [0.05, 0.1) is 42.3 Å². The fourth-order valence-corrected chi connectivity index (χ4v) is 3.25. The van der Waals surface area contributed by atoms with E-state index in [4.69, 9.17) is 9.26 Å². The minimum atomic E-state index is -4.41. The van der Waals surface area contributed by atoms with E-state index in [9.17, 15) is 13.2 Å².